The third-order valence-electron chi connectivity index (χ3n) is 2.94. The molecule has 0 saturated heterocycles. The van der Waals surface area contributed by atoms with E-state index in [1.807, 2.05) is 6.92 Å². The molecule has 0 aliphatic rings. The van der Waals surface area contributed by atoms with Gasteiger partial charge >= 0.3 is 0 Å². The Morgan fingerprint density at radius 3 is 2.71 bits per heavy atom. The van der Waals surface area contributed by atoms with Crippen LogP contribution in [0.25, 0.3) is 0 Å². The first-order chi connectivity index (χ1) is 10.0. The SMILES string of the molecule is CCc1cc(C(=O)Nc2ccc(F)cc2Br)cc(NC)n1. The number of benzene rings is 1. The lowest BCUT2D eigenvalue weighted by Crippen LogP contribution is -2.14. The molecular weight excluding hydrogens is 337 g/mol. The van der Waals surface area contributed by atoms with Crippen LogP contribution in [0.5, 0.6) is 0 Å². The Hall–Kier alpha value is -1.95. The van der Waals surface area contributed by atoms with Crippen LogP contribution in [-0.2, 0) is 6.42 Å². The van der Waals surface area contributed by atoms with Crippen LogP contribution < -0.4 is 10.6 Å². The number of hydrogen-bond acceptors (Lipinski definition) is 3. The van der Waals surface area contributed by atoms with Crippen molar-refractivity contribution in [2.75, 3.05) is 17.7 Å². The average molecular weight is 352 g/mol. The molecule has 1 aromatic carbocycles. The third-order valence-corrected chi connectivity index (χ3v) is 3.59. The van der Waals surface area contributed by atoms with Crippen molar-refractivity contribution >= 4 is 33.3 Å². The van der Waals surface area contributed by atoms with E-state index in [0.717, 1.165) is 12.1 Å². The van der Waals surface area contributed by atoms with Crippen LogP contribution in [0.1, 0.15) is 23.0 Å². The Kier molecular flexibility index (Phi) is 4.90. The molecule has 0 fully saturated rings. The molecule has 0 saturated carbocycles. The summed E-state index contributed by atoms with van der Waals surface area (Å²) in [5, 5.41) is 5.68. The van der Waals surface area contributed by atoms with E-state index in [9.17, 15) is 9.18 Å². The monoisotopic (exact) mass is 351 g/mol. The summed E-state index contributed by atoms with van der Waals surface area (Å²) in [6, 6.07) is 7.53. The largest absolute Gasteiger partial charge is 0.373 e. The number of aromatic nitrogens is 1. The first kappa shape index (κ1) is 15.4. The second kappa shape index (κ2) is 6.67. The lowest BCUT2D eigenvalue weighted by molar-refractivity contribution is 0.102. The second-order valence-electron chi connectivity index (χ2n) is 4.41. The van der Waals surface area contributed by atoms with Gasteiger partial charge in [0, 0.05) is 22.8 Å². The molecule has 1 aromatic heterocycles. The smallest absolute Gasteiger partial charge is 0.255 e. The van der Waals surface area contributed by atoms with E-state index in [1.165, 1.54) is 18.2 Å². The number of aryl methyl sites for hydroxylation is 1. The predicted molar refractivity (Wildman–Crippen MR) is 85.2 cm³/mol. The molecule has 2 rings (SSSR count). The number of nitrogens with zero attached hydrogens (tertiary/aromatic N) is 1. The van der Waals surface area contributed by atoms with Crippen LogP contribution in [0.3, 0.4) is 0 Å². The van der Waals surface area contributed by atoms with Crippen LogP contribution in [0.15, 0.2) is 34.8 Å². The van der Waals surface area contributed by atoms with Gasteiger partial charge in [0.25, 0.3) is 5.91 Å². The number of hydrogen-bond donors (Lipinski definition) is 2. The molecule has 4 nitrogen and oxygen atoms in total. The highest BCUT2D eigenvalue weighted by atomic mass is 79.9. The van der Waals surface area contributed by atoms with Gasteiger partial charge in [-0.3, -0.25) is 4.79 Å². The summed E-state index contributed by atoms with van der Waals surface area (Å²) in [7, 11) is 1.75. The molecule has 1 amide bonds. The van der Waals surface area contributed by atoms with Crippen LogP contribution in [0, 0.1) is 5.82 Å². The van der Waals surface area contributed by atoms with Crippen molar-refractivity contribution in [3.05, 3.63) is 51.9 Å². The highest BCUT2D eigenvalue weighted by Gasteiger charge is 2.11. The standard InChI is InChI=1S/C15H15BrFN3O/c1-3-11-6-9(7-14(18-2)19-11)15(21)20-13-5-4-10(17)8-12(13)16/h4-8H,3H2,1-2H3,(H,18,19)(H,20,21). The zero-order valence-corrected chi connectivity index (χ0v) is 13.3. The molecule has 6 heteroatoms. The van der Waals surface area contributed by atoms with Crippen LogP contribution >= 0.6 is 15.9 Å². The Morgan fingerprint density at radius 2 is 2.10 bits per heavy atom. The van der Waals surface area contributed by atoms with Gasteiger partial charge in [-0.25, -0.2) is 9.37 Å². The molecule has 21 heavy (non-hydrogen) atoms. The van der Waals surface area contributed by atoms with Crippen molar-refractivity contribution < 1.29 is 9.18 Å². The summed E-state index contributed by atoms with van der Waals surface area (Å²) in [6.45, 7) is 1.97. The van der Waals surface area contributed by atoms with Crippen molar-refractivity contribution in [1.29, 1.82) is 0 Å². The van der Waals surface area contributed by atoms with Gasteiger partial charge in [-0.2, -0.15) is 0 Å². The van der Waals surface area contributed by atoms with Gasteiger partial charge in [-0.1, -0.05) is 6.92 Å². The van der Waals surface area contributed by atoms with E-state index < -0.39 is 0 Å². The zero-order valence-electron chi connectivity index (χ0n) is 11.7. The third kappa shape index (κ3) is 3.78. The maximum atomic E-state index is 13.0. The van der Waals surface area contributed by atoms with Gasteiger partial charge in [0.15, 0.2) is 0 Å². The van der Waals surface area contributed by atoms with E-state index in [0.29, 0.717) is 21.5 Å². The van der Waals surface area contributed by atoms with E-state index in [1.54, 1.807) is 19.2 Å². The van der Waals surface area contributed by atoms with Crippen LogP contribution in [-0.4, -0.2) is 17.9 Å². The molecule has 1 heterocycles. The minimum Gasteiger partial charge on any atom is -0.373 e. The lowest BCUT2D eigenvalue weighted by Gasteiger charge is -2.10. The van der Waals surface area contributed by atoms with Gasteiger partial charge in [-0.05, 0) is 52.7 Å². The summed E-state index contributed by atoms with van der Waals surface area (Å²) < 4.78 is 13.5. The molecule has 0 radical (unpaired) electrons. The molecule has 110 valence electrons. The molecule has 0 aliphatic carbocycles. The Bertz CT molecular complexity index is 654. The first-order valence-electron chi connectivity index (χ1n) is 6.48. The number of halogens is 2. The molecule has 0 aliphatic heterocycles. The minimum atomic E-state index is -0.366. The van der Waals surface area contributed by atoms with Gasteiger partial charge in [0.2, 0.25) is 0 Å². The number of nitrogens with one attached hydrogen (secondary N) is 2. The summed E-state index contributed by atoms with van der Waals surface area (Å²) >= 11 is 3.23. The summed E-state index contributed by atoms with van der Waals surface area (Å²) in [5.41, 5.74) is 1.84. The average Bonchev–Trinajstić information content (AvgIpc) is 2.49. The van der Waals surface area contributed by atoms with Crippen molar-refractivity contribution in [2.45, 2.75) is 13.3 Å². The predicted octanol–water partition coefficient (Wildman–Crippen LogP) is 3.84. The van der Waals surface area contributed by atoms with Gasteiger partial charge in [0.05, 0.1) is 5.69 Å². The number of anilines is 2. The Morgan fingerprint density at radius 1 is 1.33 bits per heavy atom. The first-order valence-corrected chi connectivity index (χ1v) is 7.28. The van der Waals surface area contributed by atoms with Crippen LogP contribution in [0.4, 0.5) is 15.9 Å². The molecule has 0 bridgehead atoms. The number of carbonyl (C=O) groups is 1. The molecule has 2 N–H and O–H groups in total. The highest BCUT2D eigenvalue weighted by Crippen LogP contribution is 2.24. The number of carbonyl (C=O) groups excluding carboxylic acids is 1. The fourth-order valence-electron chi connectivity index (χ4n) is 1.81. The molecule has 0 spiro atoms. The lowest BCUT2D eigenvalue weighted by atomic mass is 10.1. The Labute approximate surface area is 130 Å². The van der Waals surface area contributed by atoms with E-state index in [2.05, 4.69) is 31.5 Å². The number of amides is 1. The topological polar surface area (TPSA) is 54.0 Å². The normalized spacial score (nSPS) is 10.3. The molecule has 2 aromatic rings. The summed E-state index contributed by atoms with van der Waals surface area (Å²) in [6.07, 6.45) is 0.732. The molecule has 0 atom stereocenters. The molecular formula is C15H15BrFN3O. The summed E-state index contributed by atoms with van der Waals surface area (Å²) in [5.74, 6) is 0.00287. The van der Waals surface area contributed by atoms with E-state index in [4.69, 9.17) is 0 Å². The maximum absolute atomic E-state index is 13.0. The summed E-state index contributed by atoms with van der Waals surface area (Å²) in [4.78, 5) is 16.6. The van der Waals surface area contributed by atoms with Crippen molar-refractivity contribution in [1.82, 2.24) is 4.98 Å². The number of rotatable bonds is 4. The minimum absolute atomic E-state index is 0.268. The number of pyridine rings is 1. The fourth-order valence-corrected chi connectivity index (χ4v) is 2.26. The zero-order chi connectivity index (χ0) is 15.4. The van der Waals surface area contributed by atoms with Gasteiger partial charge in [-0.15, -0.1) is 0 Å². The van der Waals surface area contributed by atoms with E-state index >= 15 is 0 Å². The van der Waals surface area contributed by atoms with E-state index in [-0.39, 0.29) is 11.7 Å². The fraction of sp³-hybridized carbons (Fsp3) is 0.200. The van der Waals surface area contributed by atoms with Gasteiger partial charge in [0.1, 0.15) is 11.6 Å². The maximum Gasteiger partial charge on any atom is 0.255 e. The molecule has 0 unspecified atom stereocenters. The Balaban J connectivity index is 2.27. The van der Waals surface area contributed by atoms with Crippen LogP contribution in [0.2, 0.25) is 0 Å². The van der Waals surface area contributed by atoms with Crippen molar-refractivity contribution in [2.24, 2.45) is 0 Å². The van der Waals surface area contributed by atoms with Gasteiger partial charge < -0.3 is 10.6 Å². The second-order valence-corrected chi connectivity index (χ2v) is 5.27. The highest BCUT2D eigenvalue weighted by molar-refractivity contribution is 9.10. The van der Waals surface area contributed by atoms with Crippen molar-refractivity contribution in [3.8, 4) is 0 Å². The quantitative estimate of drug-likeness (QED) is 0.879. The van der Waals surface area contributed by atoms with Crippen molar-refractivity contribution in [3.63, 3.8) is 0 Å².